The van der Waals surface area contributed by atoms with Crippen LogP contribution in [0.2, 0.25) is 0 Å². The highest BCUT2D eigenvalue weighted by Gasteiger charge is 2.30. The second kappa shape index (κ2) is 4.47. The van der Waals surface area contributed by atoms with E-state index in [1.807, 2.05) is 6.07 Å². The van der Waals surface area contributed by atoms with E-state index in [4.69, 9.17) is 0 Å². The highest BCUT2D eigenvalue weighted by molar-refractivity contribution is 9.10. The van der Waals surface area contributed by atoms with Crippen LogP contribution in [0.5, 0.6) is 0 Å². The molecule has 1 aromatic carbocycles. The molecule has 0 saturated heterocycles. The molecule has 0 saturated carbocycles. The molecule has 2 aromatic rings. The van der Waals surface area contributed by atoms with Crippen LogP contribution in [-0.4, -0.2) is 16.8 Å². The van der Waals surface area contributed by atoms with Gasteiger partial charge in [0.05, 0.1) is 16.8 Å². The van der Waals surface area contributed by atoms with Gasteiger partial charge in [-0.15, -0.1) is 0 Å². The number of hydrogen-bond acceptors (Lipinski definition) is 4. The van der Waals surface area contributed by atoms with Crippen molar-refractivity contribution in [2.24, 2.45) is 0 Å². The van der Waals surface area contributed by atoms with Gasteiger partial charge in [0.15, 0.2) is 0 Å². The molecule has 2 amide bonds. The predicted octanol–water partition coefficient (Wildman–Crippen LogP) is 2.47. The summed E-state index contributed by atoms with van der Waals surface area (Å²) in [6.07, 6.45) is 1.64. The number of pyridine rings is 1. The molecule has 2 N–H and O–H groups in total. The first-order chi connectivity index (χ1) is 9.16. The van der Waals surface area contributed by atoms with Gasteiger partial charge in [-0.1, -0.05) is 6.07 Å². The Bertz CT molecular complexity index is 686. The number of imide groups is 1. The lowest BCUT2D eigenvalue weighted by Crippen LogP contribution is -2.20. The smallest absolute Gasteiger partial charge is 0.261 e. The van der Waals surface area contributed by atoms with Crippen LogP contribution in [0.25, 0.3) is 0 Å². The van der Waals surface area contributed by atoms with E-state index in [1.54, 1.807) is 30.5 Å². The Balaban J connectivity index is 2.12. The summed E-state index contributed by atoms with van der Waals surface area (Å²) in [6, 6.07) is 8.75. The number of benzene rings is 1. The molecule has 19 heavy (non-hydrogen) atoms. The Morgan fingerprint density at radius 2 is 1.95 bits per heavy atom. The maximum absolute atomic E-state index is 11.8. The van der Waals surface area contributed by atoms with Crippen molar-refractivity contribution in [2.45, 2.75) is 0 Å². The molecule has 1 aliphatic heterocycles. The molecule has 5 nitrogen and oxygen atoms in total. The average molecular weight is 318 g/mol. The zero-order chi connectivity index (χ0) is 13.4. The summed E-state index contributed by atoms with van der Waals surface area (Å²) in [5, 5.41) is 5.33. The minimum Gasteiger partial charge on any atom is -0.339 e. The van der Waals surface area contributed by atoms with Crippen molar-refractivity contribution in [1.82, 2.24) is 10.3 Å². The Morgan fingerprint density at radius 1 is 1.11 bits per heavy atom. The van der Waals surface area contributed by atoms with Crippen LogP contribution in [0.15, 0.2) is 41.0 Å². The van der Waals surface area contributed by atoms with E-state index in [2.05, 4.69) is 31.5 Å². The molecule has 1 aliphatic rings. The van der Waals surface area contributed by atoms with Gasteiger partial charge in [0, 0.05) is 10.7 Å². The van der Waals surface area contributed by atoms with Crippen LogP contribution >= 0.6 is 15.9 Å². The Kier molecular flexibility index (Phi) is 2.79. The van der Waals surface area contributed by atoms with E-state index in [0.717, 1.165) is 0 Å². The minimum atomic E-state index is -0.403. The fourth-order valence-electron chi connectivity index (χ4n) is 1.92. The van der Waals surface area contributed by atoms with Crippen LogP contribution in [0.1, 0.15) is 20.7 Å². The summed E-state index contributed by atoms with van der Waals surface area (Å²) in [5.74, 6) is -0.181. The lowest BCUT2D eigenvalue weighted by atomic mass is 10.1. The van der Waals surface area contributed by atoms with Gasteiger partial charge in [-0.05, 0) is 40.2 Å². The average Bonchev–Trinajstić information content (AvgIpc) is 2.69. The van der Waals surface area contributed by atoms with Crippen LogP contribution in [-0.2, 0) is 0 Å². The second-order valence-corrected chi connectivity index (χ2v) is 4.82. The third-order valence-electron chi connectivity index (χ3n) is 2.77. The summed E-state index contributed by atoms with van der Waals surface area (Å²) < 4.78 is 0.696. The van der Waals surface area contributed by atoms with E-state index in [1.165, 1.54) is 0 Å². The second-order valence-electron chi connectivity index (χ2n) is 3.97. The maximum Gasteiger partial charge on any atom is 0.261 e. The number of amides is 2. The first-order valence-corrected chi connectivity index (χ1v) is 6.32. The van der Waals surface area contributed by atoms with E-state index >= 15 is 0 Å². The quantitative estimate of drug-likeness (QED) is 0.835. The van der Waals surface area contributed by atoms with Crippen molar-refractivity contribution in [3.63, 3.8) is 0 Å². The SMILES string of the molecule is O=C1NC(=O)c2c1ccc(Br)c2Nc1ccccn1. The third-order valence-corrected chi connectivity index (χ3v) is 3.43. The molecule has 1 aromatic heterocycles. The van der Waals surface area contributed by atoms with Crippen molar-refractivity contribution >= 4 is 39.2 Å². The number of carbonyl (C=O) groups excluding carboxylic acids is 2. The largest absolute Gasteiger partial charge is 0.339 e. The van der Waals surface area contributed by atoms with Crippen LogP contribution in [0.4, 0.5) is 11.5 Å². The highest BCUT2D eigenvalue weighted by Crippen LogP contribution is 2.33. The van der Waals surface area contributed by atoms with Gasteiger partial charge in [0.2, 0.25) is 0 Å². The van der Waals surface area contributed by atoms with Crippen molar-refractivity contribution < 1.29 is 9.59 Å². The standard InChI is InChI=1S/C13H8BrN3O2/c14-8-5-4-7-10(13(19)17-12(7)18)11(8)16-9-3-1-2-6-15-9/h1-6H,(H,15,16)(H,17,18,19). The summed E-state index contributed by atoms with van der Waals surface area (Å²) in [7, 11) is 0. The van der Waals surface area contributed by atoms with Gasteiger partial charge < -0.3 is 5.32 Å². The number of halogens is 1. The number of fused-ring (bicyclic) bond motifs is 1. The fraction of sp³-hybridized carbons (Fsp3) is 0. The number of anilines is 2. The van der Waals surface area contributed by atoms with Crippen molar-refractivity contribution in [2.75, 3.05) is 5.32 Å². The van der Waals surface area contributed by atoms with E-state index < -0.39 is 5.91 Å². The van der Waals surface area contributed by atoms with E-state index in [0.29, 0.717) is 27.1 Å². The molecular weight excluding hydrogens is 310 g/mol. The number of hydrogen-bond donors (Lipinski definition) is 2. The van der Waals surface area contributed by atoms with Crippen LogP contribution in [0.3, 0.4) is 0 Å². The molecule has 94 valence electrons. The topological polar surface area (TPSA) is 71.1 Å². The molecule has 3 rings (SSSR count). The molecule has 6 heteroatoms. The van der Waals surface area contributed by atoms with Crippen LogP contribution in [0, 0.1) is 0 Å². The molecular formula is C13H8BrN3O2. The number of nitrogens with one attached hydrogen (secondary N) is 2. The molecule has 0 aliphatic carbocycles. The van der Waals surface area contributed by atoms with E-state index in [9.17, 15) is 9.59 Å². The Hall–Kier alpha value is -2.21. The molecule has 0 spiro atoms. The normalized spacial score (nSPS) is 13.1. The molecule has 0 radical (unpaired) electrons. The van der Waals surface area contributed by atoms with Crippen molar-refractivity contribution in [1.29, 1.82) is 0 Å². The van der Waals surface area contributed by atoms with Gasteiger partial charge in [-0.3, -0.25) is 14.9 Å². The zero-order valence-electron chi connectivity index (χ0n) is 9.61. The van der Waals surface area contributed by atoms with Crippen molar-refractivity contribution in [3.8, 4) is 0 Å². The minimum absolute atomic E-state index is 0.338. The van der Waals surface area contributed by atoms with Gasteiger partial charge in [-0.2, -0.15) is 0 Å². The zero-order valence-corrected chi connectivity index (χ0v) is 11.2. The molecule has 0 bridgehead atoms. The molecule has 2 heterocycles. The number of nitrogens with zero attached hydrogens (tertiary/aromatic N) is 1. The first kappa shape index (κ1) is 11.9. The molecule has 0 atom stereocenters. The summed E-state index contributed by atoms with van der Waals surface area (Å²) in [4.78, 5) is 27.6. The maximum atomic E-state index is 11.8. The lowest BCUT2D eigenvalue weighted by molar-refractivity contribution is 0.0880. The fourth-order valence-corrected chi connectivity index (χ4v) is 2.35. The number of rotatable bonds is 2. The Morgan fingerprint density at radius 3 is 2.68 bits per heavy atom. The Labute approximate surface area is 117 Å². The molecule has 0 fully saturated rings. The molecule has 0 unspecified atom stereocenters. The van der Waals surface area contributed by atoms with Gasteiger partial charge in [0.1, 0.15) is 5.82 Å². The van der Waals surface area contributed by atoms with Crippen LogP contribution < -0.4 is 10.6 Å². The highest BCUT2D eigenvalue weighted by atomic mass is 79.9. The first-order valence-electron chi connectivity index (χ1n) is 5.53. The predicted molar refractivity (Wildman–Crippen MR) is 73.5 cm³/mol. The summed E-state index contributed by atoms with van der Waals surface area (Å²) in [5.41, 5.74) is 1.25. The monoisotopic (exact) mass is 317 g/mol. The number of carbonyl (C=O) groups is 2. The summed E-state index contributed by atoms with van der Waals surface area (Å²) >= 11 is 3.37. The van der Waals surface area contributed by atoms with Gasteiger partial charge in [-0.25, -0.2) is 4.98 Å². The lowest BCUT2D eigenvalue weighted by Gasteiger charge is -2.10. The van der Waals surface area contributed by atoms with Crippen molar-refractivity contribution in [3.05, 3.63) is 52.1 Å². The summed E-state index contributed by atoms with van der Waals surface area (Å²) in [6.45, 7) is 0. The van der Waals surface area contributed by atoms with Gasteiger partial charge in [0.25, 0.3) is 11.8 Å². The third kappa shape index (κ3) is 2.00. The number of aromatic nitrogens is 1. The van der Waals surface area contributed by atoms with E-state index in [-0.39, 0.29) is 5.91 Å². The van der Waals surface area contributed by atoms with Gasteiger partial charge >= 0.3 is 0 Å².